The summed E-state index contributed by atoms with van der Waals surface area (Å²) in [6, 6.07) is 9.45. The van der Waals surface area contributed by atoms with Gasteiger partial charge in [-0.3, -0.25) is 0 Å². The number of esters is 1. The van der Waals surface area contributed by atoms with Crippen LogP contribution in [0.25, 0.3) is 0 Å². The third-order valence-electron chi connectivity index (χ3n) is 3.29. The van der Waals surface area contributed by atoms with Gasteiger partial charge in [-0.05, 0) is 12.0 Å². The molecule has 0 aliphatic carbocycles. The Morgan fingerprint density at radius 2 is 1.70 bits per heavy atom. The van der Waals surface area contributed by atoms with Crippen LogP contribution in [0.4, 0.5) is 0 Å². The average Bonchev–Trinajstić information content (AvgIpc) is 2.48. The van der Waals surface area contributed by atoms with Crippen LogP contribution in [0.15, 0.2) is 30.3 Å². The molecule has 0 heterocycles. The van der Waals surface area contributed by atoms with E-state index in [0.717, 1.165) is 18.4 Å². The number of carbonyl (C=O) groups is 1. The van der Waals surface area contributed by atoms with Gasteiger partial charge in [0.05, 0.1) is 6.61 Å². The van der Waals surface area contributed by atoms with Crippen molar-refractivity contribution in [2.24, 2.45) is 0 Å². The lowest BCUT2D eigenvalue weighted by molar-refractivity contribution is -0.156. The largest absolute Gasteiger partial charge is 0.464 e. The molecule has 0 aliphatic heterocycles. The molecule has 0 aromatic heterocycles. The lowest BCUT2D eigenvalue weighted by Gasteiger charge is -2.14. The maximum Gasteiger partial charge on any atom is 0.339 e. The van der Waals surface area contributed by atoms with Gasteiger partial charge in [0.15, 0.2) is 6.10 Å². The Hall–Kier alpha value is -1.35. The summed E-state index contributed by atoms with van der Waals surface area (Å²) in [5.41, 5.74) is 0.836. The molecule has 0 amide bonds. The Bertz CT molecular complexity index is 362. The first kappa shape index (κ1) is 16.7. The van der Waals surface area contributed by atoms with Crippen molar-refractivity contribution >= 4 is 5.97 Å². The van der Waals surface area contributed by atoms with E-state index in [1.54, 1.807) is 0 Å². The van der Waals surface area contributed by atoms with Crippen molar-refractivity contribution in [1.29, 1.82) is 0 Å². The third kappa shape index (κ3) is 6.20. The predicted octanol–water partition coefficient (Wildman–Crippen LogP) is 4.28. The molecular formula is C17H26O3. The van der Waals surface area contributed by atoms with E-state index in [9.17, 15) is 4.79 Å². The number of ether oxygens (including phenoxy) is 2. The molecule has 1 rings (SSSR count). The molecule has 1 aromatic rings. The molecule has 0 radical (unpaired) electrons. The van der Waals surface area contributed by atoms with Gasteiger partial charge in [0.1, 0.15) is 0 Å². The van der Waals surface area contributed by atoms with E-state index >= 15 is 0 Å². The zero-order valence-corrected chi connectivity index (χ0v) is 12.6. The minimum Gasteiger partial charge on any atom is -0.464 e. The van der Waals surface area contributed by atoms with E-state index in [-0.39, 0.29) is 5.97 Å². The van der Waals surface area contributed by atoms with Gasteiger partial charge < -0.3 is 9.47 Å². The second-order valence-electron chi connectivity index (χ2n) is 4.96. The molecule has 0 spiro atoms. The second-order valence-corrected chi connectivity index (χ2v) is 4.96. The van der Waals surface area contributed by atoms with Crippen molar-refractivity contribution in [3.05, 3.63) is 35.9 Å². The van der Waals surface area contributed by atoms with Crippen molar-refractivity contribution in [2.45, 2.75) is 51.6 Å². The topological polar surface area (TPSA) is 35.5 Å². The van der Waals surface area contributed by atoms with E-state index < -0.39 is 6.10 Å². The number of hydrogen-bond acceptors (Lipinski definition) is 3. The van der Waals surface area contributed by atoms with E-state index in [1.165, 1.54) is 32.8 Å². The first-order chi connectivity index (χ1) is 9.79. The molecule has 0 N–H and O–H groups in total. The van der Waals surface area contributed by atoms with E-state index in [2.05, 4.69) is 6.92 Å². The fourth-order valence-corrected chi connectivity index (χ4v) is 2.13. The molecule has 20 heavy (non-hydrogen) atoms. The number of benzene rings is 1. The van der Waals surface area contributed by atoms with Crippen LogP contribution in [0.2, 0.25) is 0 Å². The van der Waals surface area contributed by atoms with Crippen LogP contribution in [-0.2, 0) is 14.3 Å². The Balaban J connectivity index is 2.24. The van der Waals surface area contributed by atoms with Gasteiger partial charge in [-0.25, -0.2) is 4.79 Å². The van der Waals surface area contributed by atoms with Gasteiger partial charge >= 0.3 is 5.97 Å². The maximum absolute atomic E-state index is 12.0. The zero-order valence-electron chi connectivity index (χ0n) is 12.6. The summed E-state index contributed by atoms with van der Waals surface area (Å²) in [6.45, 7) is 2.69. The fraction of sp³-hybridized carbons (Fsp3) is 0.588. The summed E-state index contributed by atoms with van der Waals surface area (Å²) in [6.07, 6.45) is 6.47. The Morgan fingerprint density at radius 3 is 2.35 bits per heavy atom. The number of carbonyl (C=O) groups excluding carboxylic acids is 1. The van der Waals surface area contributed by atoms with Gasteiger partial charge in [0, 0.05) is 7.11 Å². The summed E-state index contributed by atoms with van der Waals surface area (Å²) in [4.78, 5) is 12.0. The van der Waals surface area contributed by atoms with Gasteiger partial charge in [-0.2, -0.15) is 0 Å². The zero-order chi connectivity index (χ0) is 14.6. The van der Waals surface area contributed by atoms with Crippen LogP contribution < -0.4 is 0 Å². The summed E-state index contributed by atoms with van der Waals surface area (Å²) >= 11 is 0. The molecule has 3 nitrogen and oxygen atoms in total. The molecular weight excluding hydrogens is 252 g/mol. The molecule has 1 aromatic carbocycles. The predicted molar refractivity (Wildman–Crippen MR) is 80.5 cm³/mol. The molecule has 0 unspecified atom stereocenters. The summed E-state index contributed by atoms with van der Waals surface area (Å²) in [7, 11) is 1.53. The third-order valence-corrected chi connectivity index (χ3v) is 3.29. The van der Waals surface area contributed by atoms with Crippen LogP contribution >= 0.6 is 0 Å². The van der Waals surface area contributed by atoms with Crippen molar-refractivity contribution in [2.75, 3.05) is 13.7 Å². The highest BCUT2D eigenvalue weighted by Crippen LogP contribution is 2.18. The number of hydrogen-bond donors (Lipinski definition) is 0. The number of rotatable bonds is 10. The van der Waals surface area contributed by atoms with Crippen molar-refractivity contribution in [3.63, 3.8) is 0 Å². The van der Waals surface area contributed by atoms with Crippen LogP contribution in [0.1, 0.15) is 57.1 Å². The molecule has 0 aliphatic rings. The van der Waals surface area contributed by atoms with Crippen molar-refractivity contribution in [3.8, 4) is 0 Å². The molecule has 0 fully saturated rings. The lowest BCUT2D eigenvalue weighted by atomic mass is 10.1. The fourth-order valence-electron chi connectivity index (χ4n) is 2.13. The Labute approximate surface area is 122 Å². The van der Waals surface area contributed by atoms with Gasteiger partial charge in [-0.1, -0.05) is 69.4 Å². The highest BCUT2D eigenvalue weighted by atomic mass is 16.6. The van der Waals surface area contributed by atoms with E-state index in [4.69, 9.17) is 9.47 Å². The van der Waals surface area contributed by atoms with Crippen LogP contribution in [-0.4, -0.2) is 19.7 Å². The lowest BCUT2D eigenvalue weighted by Crippen LogP contribution is -2.18. The van der Waals surface area contributed by atoms with Crippen LogP contribution in [0.3, 0.4) is 0 Å². The van der Waals surface area contributed by atoms with Crippen LogP contribution in [0, 0.1) is 0 Å². The molecule has 112 valence electrons. The molecule has 0 bridgehead atoms. The molecule has 1 atom stereocenters. The molecule has 3 heteroatoms. The van der Waals surface area contributed by atoms with E-state index in [0.29, 0.717) is 6.61 Å². The van der Waals surface area contributed by atoms with Gasteiger partial charge in [0.2, 0.25) is 0 Å². The Morgan fingerprint density at radius 1 is 1.05 bits per heavy atom. The average molecular weight is 278 g/mol. The monoisotopic (exact) mass is 278 g/mol. The SMILES string of the molecule is CCCCCCCCOC(=O)[C@@H](OC)c1ccccc1. The minimum absolute atomic E-state index is 0.299. The summed E-state index contributed by atoms with van der Waals surface area (Å²) in [5, 5.41) is 0. The van der Waals surface area contributed by atoms with Crippen molar-refractivity contribution < 1.29 is 14.3 Å². The van der Waals surface area contributed by atoms with Gasteiger partial charge in [-0.15, -0.1) is 0 Å². The minimum atomic E-state index is -0.615. The highest BCUT2D eigenvalue weighted by molar-refractivity contribution is 5.76. The Kier molecular flexibility index (Phi) is 8.72. The standard InChI is InChI=1S/C17H26O3/c1-3-4-5-6-7-11-14-20-17(18)16(19-2)15-12-9-8-10-13-15/h8-10,12-13,16H,3-7,11,14H2,1-2H3/t16-/m0/s1. The van der Waals surface area contributed by atoms with Crippen molar-refractivity contribution in [1.82, 2.24) is 0 Å². The maximum atomic E-state index is 12.0. The first-order valence-corrected chi connectivity index (χ1v) is 7.54. The molecule has 0 saturated heterocycles. The smallest absolute Gasteiger partial charge is 0.339 e. The van der Waals surface area contributed by atoms with Gasteiger partial charge in [0.25, 0.3) is 0 Å². The number of methoxy groups -OCH3 is 1. The normalized spacial score (nSPS) is 12.1. The molecule has 0 saturated carbocycles. The van der Waals surface area contributed by atoms with E-state index in [1.807, 2.05) is 30.3 Å². The first-order valence-electron chi connectivity index (χ1n) is 7.54. The second kappa shape index (κ2) is 10.4. The quantitative estimate of drug-likeness (QED) is 0.473. The summed E-state index contributed by atoms with van der Waals surface area (Å²) in [5.74, 6) is -0.299. The highest BCUT2D eigenvalue weighted by Gasteiger charge is 2.20. The number of unbranched alkanes of at least 4 members (excludes halogenated alkanes) is 5. The summed E-state index contributed by atoms with van der Waals surface area (Å²) < 4.78 is 10.5. The van der Waals surface area contributed by atoms with Crippen LogP contribution in [0.5, 0.6) is 0 Å².